The molecule has 1 heterocycles. The van der Waals surface area contributed by atoms with Gasteiger partial charge in [-0.2, -0.15) is 5.10 Å². The number of aryl methyl sites for hydroxylation is 1. The number of hydrogen-bond donors (Lipinski definition) is 2. The van der Waals surface area contributed by atoms with Gasteiger partial charge in [-0.25, -0.2) is 21.6 Å². The number of fused-ring (bicyclic) bond motifs is 3. The zero-order valence-corrected chi connectivity index (χ0v) is 21.4. The second-order valence-corrected chi connectivity index (χ2v) is 11.6. The van der Waals surface area contributed by atoms with Gasteiger partial charge in [0, 0.05) is 29.9 Å². The molecular formula is C25H27N5O4S2. The lowest BCUT2D eigenvalue weighted by atomic mass is 9.88. The van der Waals surface area contributed by atoms with E-state index in [2.05, 4.69) is 23.0 Å². The van der Waals surface area contributed by atoms with E-state index < -0.39 is 26.9 Å². The predicted octanol–water partition coefficient (Wildman–Crippen LogP) is 2.80. The van der Waals surface area contributed by atoms with Crippen molar-refractivity contribution >= 4 is 32.6 Å². The lowest BCUT2D eigenvalue weighted by Crippen LogP contribution is -2.26. The highest BCUT2D eigenvalue weighted by Crippen LogP contribution is 2.38. The zero-order valence-electron chi connectivity index (χ0n) is 19.8. The molecule has 1 aliphatic carbocycles. The Morgan fingerprint density at radius 3 is 2.42 bits per heavy atom. The lowest BCUT2D eigenvalue weighted by molar-refractivity contribution is 0.0994. The van der Waals surface area contributed by atoms with Gasteiger partial charge in [-0.05, 0) is 54.8 Å². The minimum absolute atomic E-state index is 0.174. The molecule has 0 radical (unpaired) electrons. The summed E-state index contributed by atoms with van der Waals surface area (Å²) in [4.78, 5) is 12.8. The molecule has 1 aliphatic rings. The Balaban J connectivity index is 1.80. The summed E-state index contributed by atoms with van der Waals surface area (Å²) in [6, 6.07) is 12.4. The summed E-state index contributed by atoms with van der Waals surface area (Å²) in [7, 11) is -4.89. The van der Waals surface area contributed by atoms with Gasteiger partial charge in [0.2, 0.25) is 10.0 Å². The van der Waals surface area contributed by atoms with Crippen LogP contribution in [0.4, 0.5) is 5.69 Å². The molecule has 1 atom stereocenters. The molecule has 4 rings (SSSR count). The van der Waals surface area contributed by atoms with Crippen LogP contribution in [0.2, 0.25) is 0 Å². The van der Waals surface area contributed by atoms with Crippen LogP contribution in [-0.2, 0) is 33.9 Å². The molecule has 9 nitrogen and oxygen atoms in total. The summed E-state index contributed by atoms with van der Waals surface area (Å²) in [5.74, 6) is -0.638. The third-order valence-corrected chi connectivity index (χ3v) is 7.76. The highest BCUT2D eigenvalue weighted by atomic mass is 32.2. The molecule has 1 amide bonds. The van der Waals surface area contributed by atoms with Crippen molar-refractivity contribution in [2.75, 3.05) is 24.1 Å². The van der Waals surface area contributed by atoms with E-state index in [1.165, 1.54) is 0 Å². The summed E-state index contributed by atoms with van der Waals surface area (Å²) in [5.41, 5.74) is 10.0. The van der Waals surface area contributed by atoms with Crippen LogP contribution < -0.4 is 10.5 Å². The van der Waals surface area contributed by atoms with E-state index in [1.807, 2.05) is 6.07 Å². The van der Waals surface area contributed by atoms with E-state index in [0.717, 1.165) is 17.4 Å². The van der Waals surface area contributed by atoms with Gasteiger partial charge in [-0.1, -0.05) is 18.2 Å². The fraction of sp³-hybridized carbons (Fsp3) is 0.200. The van der Waals surface area contributed by atoms with Crippen molar-refractivity contribution in [2.45, 2.75) is 17.7 Å². The minimum Gasteiger partial charge on any atom is -0.364 e. The molecule has 0 fully saturated rings. The number of primary amides is 1. The smallest absolute Gasteiger partial charge is 0.269 e. The first kappa shape index (κ1) is 25.5. The van der Waals surface area contributed by atoms with Crippen molar-refractivity contribution < 1.29 is 17.4 Å². The molecule has 36 heavy (non-hydrogen) atoms. The molecule has 1 unspecified atom stereocenters. The van der Waals surface area contributed by atoms with Gasteiger partial charge in [0.25, 0.3) is 5.91 Å². The van der Waals surface area contributed by atoms with Crippen molar-refractivity contribution in [1.82, 2.24) is 14.1 Å². The second-order valence-electron chi connectivity index (χ2n) is 8.37. The van der Waals surface area contributed by atoms with Gasteiger partial charge in [0.05, 0.1) is 22.5 Å². The Hall–Kier alpha value is -3.54. The normalized spacial score (nSPS) is 13.5. The average Bonchev–Trinajstić information content (AvgIpc) is 3.23. The lowest BCUT2D eigenvalue weighted by Gasteiger charge is -2.20. The van der Waals surface area contributed by atoms with Gasteiger partial charge in [0.1, 0.15) is 11.0 Å². The Labute approximate surface area is 212 Å². The summed E-state index contributed by atoms with van der Waals surface area (Å²) < 4.78 is 42.4. The zero-order chi connectivity index (χ0) is 26.0. The number of carbonyl (C=O) groups excluding carboxylic acids is 1. The van der Waals surface area contributed by atoms with Crippen molar-refractivity contribution in [3.8, 4) is 16.9 Å². The monoisotopic (exact) mass is 525 g/mol. The minimum atomic E-state index is -3.47. The maximum Gasteiger partial charge on any atom is 0.269 e. The summed E-state index contributed by atoms with van der Waals surface area (Å²) in [6.07, 6.45) is 5.68. The van der Waals surface area contributed by atoms with Crippen molar-refractivity contribution in [3.05, 3.63) is 84.6 Å². The first-order valence-electron chi connectivity index (χ1n) is 11.1. The van der Waals surface area contributed by atoms with Crippen molar-refractivity contribution in [2.24, 2.45) is 5.73 Å². The number of amides is 1. The number of nitrogens with zero attached hydrogens (tertiary/aromatic N) is 3. The van der Waals surface area contributed by atoms with Gasteiger partial charge in [0.15, 0.2) is 5.69 Å². The van der Waals surface area contributed by atoms with E-state index in [1.54, 1.807) is 57.5 Å². The molecule has 188 valence electrons. The number of nitrogens with one attached hydrogen (secondary N) is 1. The summed E-state index contributed by atoms with van der Waals surface area (Å²) in [5, 5.41) is 4.52. The Morgan fingerprint density at radius 2 is 1.83 bits per heavy atom. The predicted molar refractivity (Wildman–Crippen MR) is 142 cm³/mol. The van der Waals surface area contributed by atoms with E-state index in [4.69, 9.17) is 5.73 Å². The van der Waals surface area contributed by atoms with Gasteiger partial charge in [-0.15, -0.1) is 13.2 Å². The highest BCUT2D eigenvalue weighted by Gasteiger charge is 2.28. The van der Waals surface area contributed by atoms with E-state index in [9.17, 15) is 17.4 Å². The Morgan fingerprint density at radius 1 is 1.17 bits per heavy atom. The number of anilines is 1. The first-order chi connectivity index (χ1) is 17.1. The van der Waals surface area contributed by atoms with Gasteiger partial charge in [-0.3, -0.25) is 9.52 Å². The number of hydrogen-bond acceptors (Lipinski definition) is 5. The number of rotatable bonds is 10. The molecule has 0 saturated heterocycles. The number of sulfonamides is 1. The molecule has 0 spiro atoms. The fourth-order valence-electron chi connectivity index (χ4n) is 4.25. The maximum absolute atomic E-state index is 13.0. The molecule has 1 aromatic heterocycles. The quantitative estimate of drug-likeness (QED) is 0.394. The first-order valence-corrected chi connectivity index (χ1v) is 14.1. The fourth-order valence-corrected chi connectivity index (χ4v) is 5.96. The van der Waals surface area contributed by atoms with Crippen LogP contribution in [0.3, 0.4) is 0 Å². The van der Waals surface area contributed by atoms with E-state index in [0.29, 0.717) is 53.5 Å². The number of carbonyl (C=O) groups is 1. The molecule has 2 aromatic carbocycles. The van der Waals surface area contributed by atoms with Crippen LogP contribution in [0.15, 0.2) is 72.7 Å². The van der Waals surface area contributed by atoms with Crippen LogP contribution in [0.25, 0.3) is 16.9 Å². The Bertz CT molecular complexity index is 1470. The van der Waals surface area contributed by atoms with Gasteiger partial charge < -0.3 is 5.73 Å². The standard InChI is InChI=1S/C25H27N5O4S2/c1-4-14-29(15-5-2)35(32)20-11-9-19(10-12-20)30-24-21(23(27-30)25(26)31)13-7-17-6-8-18(16-22(17)24)28-36(3,33)34/h4-6,8-12,16,28H,1-2,7,13-15H2,3H3,(H2,26,31). The molecule has 0 bridgehead atoms. The van der Waals surface area contributed by atoms with Crippen molar-refractivity contribution in [1.29, 1.82) is 0 Å². The molecule has 3 N–H and O–H groups in total. The topological polar surface area (TPSA) is 127 Å². The summed E-state index contributed by atoms with van der Waals surface area (Å²) >= 11 is 0. The highest BCUT2D eigenvalue weighted by molar-refractivity contribution is 7.92. The molecule has 3 aromatic rings. The van der Waals surface area contributed by atoms with Gasteiger partial charge >= 0.3 is 0 Å². The maximum atomic E-state index is 13.0. The molecular weight excluding hydrogens is 498 g/mol. The summed E-state index contributed by atoms with van der Waals surface area (Å²) in [6.45, 7) is 8.31. The number of benzene rings is 2. The largest absolute Gasteiger partial charge is 0.364 e. The molecule has 0 aliphatic heterocycles. The number of nitrogens with two attached hydrogens (primary N) is 1. The third-order valence-electron chi connectivity index (χ3n) is 5.71. The van der Waals surface area contributed by atoms with Crippen LogP contribution in [0, 0.1) is 0 Å². The number of aromatic nitrogens is 2. The second kappa shape index (κ2) is 10.2. The van der Waals surface area contributed by atoms with Crippen LogP contribution in [0.1, 0.15) is 21.6 Å². The molecule has 11 heteroatoms. The Kier molecular flexibility index (Phi) is 7.25. The van der Waals surface area contributed by atoms with E-state index in [-0.39, 0.29) is 5.69 Å². The van der Waals surface area contributed by atoms with Crippen LogP contribution in [0.5, 0.6) is 0 Å². The average molecular weight is 526 g/mol. The van der Waals surface area contributed by atoms with Crippen LogP contribution >= 0.6 is 0 Å². The molecule has 0 saturated carbocycles. The SMILES string of the molecule is C=CCN(CC=C)S(=O)c1ccc(-n2nc(C(N)=O)c3c2-c2cc(NS(C)(=O)=O)ccc2CC3)cc1. The van der Waals surface area contributed by atoms with Crippen LogP contribution in [-0.4, -0.2) is 52.0 Å². The van der Waals surface area contributed by atoms with Crippen molar-refractivity contribution in [3.63, 3.8) is 0 Å². The third kappa shape index (κ3) is 5.18. The van der Waals surface area contributed by atoms with E-state index >= 15 is 0 Å².